The van der Waals surface area contributed by atoms with E-state index < -0.39 is 0 Å². The van der Waals surface area contributed by atoms with E-state index in [0.717, 1.165) is 5.56 Å². The molecule has 0 radical (unpaired) electrons. The van der Waals surface area contributed by atoms with Gasteiger partial charge in [-0.05, 0) is 25.5 Å². The van der Waals surface area contributed by atoms with Crippen LogP contribution in [0.3, 0.4) is 0 Å². The molecule has 0 N–H and O–H groups in total. The van der Waals surface area contributed by atoms with Crippen molar-refractivity contribution < 1.29 is 9.59 Å². The molecule has 0 fully saturated rings. The highest BCUT2D eigenvalue weighted by molar-refractivity contribution is 6.24. The molecule has 15 heavy (non-hydrogen) atoms. The lowest BCUT2D eigenvalue weighted by Crippen LogP contribution is -2.16. The van der Waals surface area contributed by atoms with E-state index in [1.54, 1.807) is 12.1 Å². The highest BCUT2D eigenvalue weighted by Gasteiger charge is 2.23. The SMILES string of the molecule is CCC1=CC(=O)c2cc(C)ccc2C1=O. The molecule has 2 rings (SSSR count). The second-order valence-corrected chi connectivity index (χ2v) is 3.77. The lowest BCUT2D eigenvalue weighted by molar-refractivity contribution is 0.0982. The van der Waals surface area contributed by atoms with Crippen LogP contribution in [0.15, 0.2) is 29.8 Å². The first-order valence-corrected chi connectivity index (χ1v) is 5.03. The lowest BCUT2D eigenvalue weighted by atomic mass is 9.87. The molecule has 0 spiro atoms. The summed E-state index contributed by atoms with van der Waals surface area (Å²) in [5.74, 6) is -0.0581. The number of hydrogen-bond donors (Lipinski definition) is 0. The van der Waals surface area contributed by atoms with Gasteiger partial charge in [0.2, 0.25) is 0 Å². The first kappa shape index (κ1) is 9.84. The van der Waals surface area contributed by atoms with Crippen LogP contribution in [0.25, 0.3) is 0 Å². The quantitative estimate of drug-likeness (QED) is 0.698. The first-order valence-electron chi connectivity index (χ1n) is 5.03. The summed E-state index contributed by atoms with van der Waals surface area (Å²) in [5, 5.41) is 0. The Morgan fingerprint density at radius 1 is 1.13 bits per heavy atom. The average Bonchev–Trinajstić information content (AvgIpc) is 2.23. The van der Waals surface area contributed by atoms with Gasteiger partial charge in [-0.25, -0.2) is 0 Å². The Kier molecular flexibility index (Phi) is 2.27. The molecule has 0 heterocycles. The second-order valence-electron chi connectivity index (χ2n) is 3.77. The fraction of sp³-hybridized carbons (Fsp3) is 0.231. The molecule has 0 saturated heterocycles. The summed E-state index contributed by atoms with van der Waals surface area (Å²) < 4.78 is 0. The molecule has 1 aromatic carbocycles. The summed E-state index contributed by atoms with van der Waals surface area (Å²) in [6, 6.07) is 5.38. The van der Waals surface area contributed by atoms with Crippen LogP contribution in [0.2, 0.25) is 0 Å². The van der Waals surface area contributed by atoms with Crippen LogP contribution < -0.4 is 0 Å². The largest absolute Gasteiger partial charge is 0.289 e. The van der Waals surface area contributed by atoms with Crippen molar-refractivity contribution in [3.63, 3.8) is 0 Å². The Hall–Kier alpha value is -1.70. The van der Waals surface area contributed by atoms with Gasteiger partial charge in [-0.3, -0.25) is 9.59 Å². The maximum absolute atomic E-state index is 11.9. The topological polar surface area (TPSA) is 34.1 Å². The number of fused-ring (bicyclic) bond motifs is 1. The molecule has 2 nitrogen and oxygen atoms in total. The number of Topliss-reactive ketones (excluding diaryl/α,β-unsaturated/α-hetero) is 1. The number of aryl methyl sites for hydroxylation is 1. The molecule has 0 unspecified atom stereocenters. The molecule has 0 saturated carbocycles. The Labute approximate surface area is 88.6 Å². The zero-order valence-electron chi connectivity index (χ0n) is 8.83. The molecule has 76 valence electrons. The maximum Gasteiger partial charge on any atom is 0.189 e. The van der Waals surface area contributed by atoms with E-state index in [-0.39, 0.29) is 11.6 Å². The molecular weight excluding hydrogens is 188 g/mol. The molecule has 0 aliphatic heterocycles. The normalized spacial score (nSPS) is 14.9. The third kappa shape index (κ3) is 1.52. The number of carbonyl (C=O) groups is 2. The van der Waals surface area contributed by atoms with Crippen molar-refractivity contribution >= 4 is 11.6 Å². The van der Waals surface area contributed by atoms with Gasteiger partial charge in [0.15, 0.2) is 11.6 Å². The van der Waals surface area contributed by atoms with Gasteiger partial charge < -0.3 is 0 Å². The van der Waals surface area contributed by atoms with Crippen molar-refractivity contribution in [1.29, 1.82) is 0 Å². The fourth-order valence-corrected chi connectivity index (χ4v) is 1.80. The van der Waals surface area contributed by atoms with E-state index in [4.69, 9.17) is 0 Å². The summed E-state index contributed by atoms with van der Waals surface area (Å²) in [4.78, 5) is 23.6. The van der Waals surface area contributed by atoms with Crippen LogP contribution in [0.4, 0.5) is 0 Å². The standard InChI is InChI=1S/C13H12O2/c1-3-9-7-12(14)11-6-8(2)4-5-10(11)13(9)15/h4-7H,3H2,1-2H3. The van der Waals surface area contributed by atoms with Gasteiger partial charge in [0.25, 0.3) is 0 Å². The van der Waals surface area contributed by atoms with Crippen molar-refractivity contribution in [2.45, 2.75) is 20.3 Å². The van der Waals surface area contributed by atoms with Gasteiger partial charge in [-0.1, -0.05) is 24.6 Å². The minimum atomic E-state index is -0.0508. The Morgan fingerprint density at radius 3 is 2.53 bits per heavy atom. The molecule has 1 aliphatic rings. The molecule has 0 amide bonds. The molecule has 2 heteroatoms. The predicted octanol–water partition coefficient (Wildman–Crippen LogP) is 2.71. The van der Waals surface area contributed by atoms with Crippen molar-refractivity contribution in [3.8, 4) is 0 Å². The number of rotatable bonds is 1. The van der Waals surface area contributed by atoms with Crippen molar-refractivity contribution in [1.82, 2.24) is 0 Å². The van der Waals surface area contributed by atoms with Crippen molar-refractivity contribution in [2.24, 2.45) is 0 Å². The third-order valence-corrected chi connectivity index (χ3v) is 2.66. The molecule has 0 aromatic heterocycles. The van der Waals surface area contributed by atoms with Gasteiger partial charge >= 0.3 is 0 Å². The lowest BCUT2D eigenvalue weighted by Gasteiger charge is -2.14. The van der Waals surface area contributed by atoms with Crippen LogP contribution in [0.1, 0.15) is 39.6 Å². The fourth-order valence-electron chi connectivity index (χ4n) is 1.80. The van der Waals surface area contributed by atoms with E-state index in [1.807, 2.05) is 19.9 Å². The Bertz CT molecular complexity index is 481. The Balaban J connectivity index is 2.62. The minimum absolute atomic E-state index is 0.00731. The number of hydrogen-bond acceptors (Lipinski definition) is 2. The van der Waals surface area contributed by atoms with Crippen LogP contribution in [0, 0.1) is 6.92 Å². The monoisotopic (exact) mass is 200 g/mol. The summed E-state index contributed by atoms with van der Waals surface area (Å²) >= 11 is 0. The Morgan fingerprint density at radius 2 is 1.87 bits per heavy atom. The number of ketones is 2. The highest BCUT2D eigenvalue weighted by Crippen LogP contribution is 2.23. The summed E-state index contributed by atoms with van der Waals surface area (Å²) in [6.45, 7) is 3.80. The maximum atomic E-state index is 11.9. The van der Waals surface area contributed by atoms with E-state index in [2.05, 4.69) is 0 Å². The van der Waals surface area contributed by atoms with E-state index in [0.29, 0.717) is 23.1 Å². The van der Waals surface area contributed by atoms with Gasteiger partial charge in [0, 0.05) is 16.7 Å². The van der Waals surface area contributed by atoms with E-state index >= 15 is 0 Å². The molecule has 1 aromatic rings. The highest BCUT2D eigenvalue weighted by atomic mass is 16.1. The van der Waals surface area contributed by atoms with Crippen molar-refractivity contribution in [3.05, 3.63) is 46.5 Å². The first-order chi connectivity index (χ1) is 7.13. The zero-order chi connectivity index (χ0) is 11.0. The summed E-state index contributed by atoms with van der Waals surface area (Å²) in [6.07, 6.45) is 2.07. The number of allylic oxidation sites excluding steroid dienone is 2. The predicted molar refractivity (Wildman–Crippen MR) is 58.2 cm³/mol. The van der Waals surface area contributed by atoms with Crippen molar-refractivity contribution in [2.75, 3.05) is 0 Å². The molecule has 0 atom stereocenters. The van der Waals surface area contributed by atoms with Gasteiger partial charge in [-0.15, -0.1) is 0 Å². The van der Waals surface area contributed by atoms with Crippen LogP contribution in [0.5, 0.6) is 0 Å². The summed E-state index contributed by atoms with van der Waals surface area (Å²) in [7, 11) is 0. The number of benzene rings is 1. The van der Waals surface area contributed by atoms with Gasteiger partial charge in [0.05, 0.1) is 0 Å². The smallest absolute Gasteiger partial charge is 0.189 e. The molecular formula is C13H12O2. The van der Waals surface area contributed by atoms with Crippen LogP contribution in [-0.4, -0.2) is 11.6 Å². The van der Waals surface area contributed by atoms with Gasteiger partial charge in [0.1, 0.15) is 0 Å². The average molecular weight is 200 g/mol. The van der Waals surface area contributed by atoms with Crippen LogP contribution >= 0.6 is 0 Å². The third-order valence-electron chi connectivity index (χ3n) is 2.66. The summed E-state index contributed by atoms with van der Waals surface area (Å²) in [5.41, 5.74) is 2.70. The minimum Gasteiger partial charge on any atom is -0.289 e. The number of carbonyl (C=O) groups excluding carboxylic acids is 2. The second kappa shape index (κ2) is 3.46. The zero-order valence-corrected chi connectivity index (χ0v) is 8.83. The molecule has 1 aliphatic carbocycles. The van der Waals surface area contributed by atoms with Gasteiger partial charge in [-0.2, -0.15) is 0 Å². The molecule has 0 bridgehead atoms. The van der Waals surface area contributed by atoms with Crippen LogP contribution in [-0.2, 0) is 0 Å². The van der Waals surface area contributed by atoms with E-state index in [1.165, 1.54) is 6.08 Å². The van der Waals surface area contributed by atoms with E-state index in [9.17, 15) is 9.59 Å².